The Kier molecular flexibility index (Phi) is 4.53. The summed E-state index contributed by atoms with van der Waals surface area (Å²) in [5.74, 6) is -0.402. The molecule has 0 fully saturated rings. The number of hydrogen-bond donors (Lipinski definition) is 0. The van der Waals surface area contributed by atoms with Crippen molar-refractivity contribution in [3.05, 3.63) is 110 Å². The van der Waals surface area contributed by atoms with E-state index in [1.807, 2.05) is 24.3 Å². The van der Waals surface area contributed by atoms with E-state index in [2.05, 4.69) is 0 Å². The summed E-state index contributed by atoms with van der Waals surface area (Å²) in [7, 11) is 0. The van der Waals surface area contributed by atoms with Crippen LogP contribution in [0.5, 0.6) is 0 Å². The van der Waals surface area contributed by atoms with Crippen molar-refractivity contribution in [2.75, 3.05) is 0 Å². The van der Waals surface area contributed by atoms with Gasteiger partial charge in [0.15, 0.2) is 0 Å². The van der Waals surface area contributed by atoms with E-state index in [0.29, 0.717) is 26.5 Å². The topological polar surface area (TPSA) is 44.0 Å². The van der Waals surface area contributed by atoms with Crippen LogP contribution in [0.1, 0.15) is 5.56 Å². The second kappa shape index (κ2) is 7.23. The Morgan fingerprint density at radius 1 is 0.900 bits per heavy atom. The predicted octanol–water partition coefficient (Wildman–Crippen LogP) is 5.21. The Bertz CT molecular complexity index is 1530. The van der Waals surface area contributed by atoms with Gasteiger partial charge in [0, 0.05) is 20.7 Å². The van der Waals surface area contributed by atoms with E-state index in [0.717, 1.165) is 14.7 Å². The lowest BCUT2D eigenvalue weighted by atomic mass is 10.2. The van der Waals surface area contributed by atoms with Crippen molar-refractivity contribution in [1.29, 1.82) is 0 Å². The van der Waals surface area contributed by atoms with Crippen molar-refractivity contribution >= 4 is 43.2 Å². The number of halogens is 2. The molecule has 5 aromatic rings. The van der Waals surface area contributed by atoms with Gasteiger partial charge < -0.3 is 0 Å². The third-order valence-electron chi connectivity index (χ3n) is 5.03. The van der Waals surface area contributed by atoms with Crippen LogP contribution in [0.25, 0.3) is 26.0 Å². The molecule has 0 spiro atoms. The standard InChI is InChI=1S/C23H14ClFN2O2S/c24-15-9-11-16(12-10-15)27-22(28)21-20(17-6-2-4-8-19(17)30-21)26(23(27)29)13-14-5-1-3-7-18(14)25/h1-12H,13H2. The molecule has 0 aliphatic carbocycles. The highest BCUT2D eigenvalue weighted by Gasteiger charge is 2.20. The molecular formula is C23H14ClFN2O2S. The summed E-state index contributed by atoms with van der Waals surface area (Å²) < 4.78 is 18.3. The lowest BCUT2D eigenvalue weighted by molar-refractivity contribution is 0.595. The van der Waals surface area contributed by atoms with Crippen molar-refractivity contribution in [1.82, 2.24) is 9.13 Å². The van der Waals surface area contributed by atoms with Gasteiger partial charge in [0.1, 0.15) is 10.5 Å². The average Bonchev–Trinajstić information content (AvgIpc) is 3.14. The number of fused-ring (bicyclic) bond motifs is 3. The van der Waals surface area contributed by atoms with Crippen molar-refractivity contribution in [3.8, 4) is 5.69 Å². The Morgan fingerprint density at radius 3 is 2.37 bits per heavy atom. The fourth-order valence-electron chi connectivity index (χ4n) is 3.61. The number of nitrogens with zero attached hydrogens (tertiary/aromatic N) is 2. The van der Waals surface area contributed by atoms with Crippen molar-refractivity contribution in [2.24, 2.45) is 0 Å². The normalized spacial score (nSPS) is 11.4. The SMILES string of the molecule is O=c1c2sc3ccccc3c2n(Cc2ccccc2F)c(=O)n1-c1ccc(Cl)cc1. The Morgan fingerprint density at radius 2 is 1.60 bits per heavy atom. The van der Waals surface area contributed by atoms with Gasteiger partial charge in [-0.25, -0.2) is 13.8 Å². The number of hydrogen-bond acceptors (Lipinski definition) is 3. The van der Waals surface area contributed by atoms with E-state index in [1.165, 1.54) is 22.0 Å². The van der Waals surface area contributed by atoms with Gasteiger partial charge in [0.2, 0.25) is 0 Å². The summed E-state index contributed by atoms with van der Waals surface area (Å²) in [4.78, 5) is 26.9. The van der Waals surface area contributed by atoms with E-state index in [-0.39, 0.29) is 6.54 Å². The van der Waals surface area contributed by atoms with Crippen LogP contribution in [0.3, 0.4) is 0 Å². The fraction of sp³-hybridized carbons (Fsp3) is 0.0435. The highest BCUT2D eigenvalue weighted by molar-refractivity contribution is 7.25. The summed E-state index contributed by atoms with van der Waals surface area (Å²) in [5, 5.41) is 1.30. The smallest absolute Gasteiger partial charge is 0.287 e. The first-order valence-electron chi connectivity index (χ1n) is 9.21. The molecule has 0 amide bonds. The van der Waals surface area contributed by atoms with Crippen molar-refractivity contribution < 1.29 is 4.39 Å². The van der Waals surface area contributed by atoms with Crippen molar-refractivity contribution in [2.45, 2.75) is 6.54 Å². The largest absolute Gasteiger partial charge is 0.336 e. The zero-order chi connectivity index (χ0) is 20.8. The minimum atomic E-state index is -0.526. The highest BCUT2D eigenvalue weighted by Crippen LogP contribution is 2.31. The van der Waals surface area contributed by atoms with Gasteiger partial charge in [0.25, 0.3) is 5.56 Å². The minimum Gasteiger partial charge on any atom is -0.287 e. The first kappa shape index (κ1) is 18.8. The molecule has 0 N–H and O–H groups in total. The first-order chi connectivity index (χ1) is 14.5. The molecule has 7 heteroatoms. The van der Waals surface area contributed by atoms with Gasteiger partial charge in [0.05, 0.1) is 17.7 Å². The number of benzene rings is 3. The second-order valence-corrected chi connectivity index (χ2v) is 8.34. The molecule has 148 valence electrons. The van der Waals surface area contributed by atoms with Gasteiger partial charge >= 0.3 is 5.69 Å². The Hall–Kier alpha value is -3.22. The zero-order valence-electron chi connectivity index (χ0n) is 15.5. The molecule has 0 saturated heterocycles. The van der Waals surface area contributed by atoms with Crippen LogP contribution in [0.2, 0.25) is 5.02 Å². The molecule has 5 rings (SSSR count). The third-order valence-corrected chi connectivity index (χ3v) is 6.43. The maximum atomic E-state index is 14.4. The van der Waals surface area contributed by atoms with Crippen LogP contribution < -0.4 is 11.2 Å². The lowest BCUT2D eigenvalue weighted by Gasteiger charge is -2.13. The Labute approximate surface area is 179 Å². The van der Waals surface area contributed by atoms with Gasteiger partial charge in [-0.3, -0.25) is 9.36 Å². The van der Waals surface area contributed by atoms with Gasteiger partial charge in [-0.1, -0.05) is 48.0 Å². The van der Waals surface area contributed by atoms with Crippen LogP contribution in [0.15, 0.2) is 82.4 Å². The number of thiophene rings is 1. The monoisotopic (exact) mass is 436 g/mol. The molecule has 0 aliphatic heterocycles. The molecule has 0 unspecified atom stereocenters. The Balaban J connectivity index is 1.90. The molecule has 0 bridgehead atoms. The summed E-state index contributed by atoms with van der Waals surface area (Å²) in [6, 6.07) is 20.3. The molecule has 0 radical (unpaired) electrons. The predicted molar refractivity (Wildman–Crippen MR) is 120 cm³/mol. The highest BCUT2D eigenvalue weighted by atomic mass is 35.5. The third kappa shape index (κ3) is 2.96. The molecule has 3 aromatic carbocycles. The summed E-state index contributed by atoms with van der Waals surface area (Å²) in [6.45, 7) is 0.0105. The quantitative estimate of drug-likeness (QED) is 0.390. The van der Waals surface area contributed by atoms with Crippen LogP contribution in [-0.2, 0) is 6.54 Å². The van der Waals surface area contributed by atoms with Crippen LogP contribution >= 0.6 is 22.9 Å². The fourth-order valence-corrected chi connectivity index (χ4v) is 4.87. The maximum absolute atomic E-state index is 14.4. The summed E-state index contributed by atoms with van der Waals surface area (Å²) in [6.07, 6.45) is 0. The van der Waals surface area contributed by atoms with E-state index in [1.54, 1.807) is 42.5 Å². The molecule has 4 nitrogen and oxygen atoms in total. The summed E-state index contributed by atoms with van der Waals surface area (Å²) >= 11 is 7.30. The molecule has 2 aromatic heterocycles. The second-order valence-electron chi connectivity index (χ2n) is 6.85. The molecule has 0 atom stereocenters. The van der Waals surface area contributed by atoms with Gasteiger partial charge in [-0.05, 0) is 36.4 Å². The van der Waals surface area contributed by atoms with E-state index in [9.17, 15) is 14.0 Å². The van der Waals surface area contributed by atoms with Gasteiger partial charge in [-0.15, -0.1) is 11.3 Å². The van der Waals surface area contributed by atoms with E-state index >= 15 is 0 Å². The zero-order valence-corrected chi connectivity index (χ0v) is 17.1. The molecule has 0 aliphatic rings. The van der Waals surface area contributed by atoms with Gasteiger partial charge in [-0.2, -0.15) is 0 Å². The van der Waals surface area contributed by atoms with Crippen LogP contribution in [0, 0.1) is 5.82 Å². The van der Waals surface area contributed by atoms with Crippen LogP contribution in [-0.4, -0.2) is 9.13 Å². The van der Waals surface area contributed by atoms with Crippen LogP contribution in [0.4, 0.5) is 4.39 Å². The molecule has 30 heavy (non-hydrogen) atoms. The lowest BCUT2D eigenvalue weighted by Crippen LogP contribution is -2.38. The molecular weight excluding hydrogens is 423 g/mol. The minimum absolute atomic E-state index is 0.0105. The number of aromatic nitrogens is 2. The maximum Gasteiger partial charge on any atom is 0.336 e. The average molecular weight is 437 g/mol. The van der Waals surface area contributed by atoms with Crippen molar-refractivity contribution in [3.63, 3.8) is 0 Å². The molecule has 2 heterocycles. The first-order valence-corrected chi connectivity index (χ1v) is 10.4. The summed E-state index contributed by atoms with van der Waals surface area (Å²) in [5.41, 5.74) is 0.387. The van der Waals surface area contributed by atoms with E-state index in [4.69, 9.17) is 11.6 Å². The molecule has 0 saturated carbocycles. The number of rotatable bonds is 3. The van der Waals surface area contributed by atoms with E-state index < -0.39 is 17.1 Å².